The van der Waals surface area contributed by atoms with Crippen LogP contribution in [-0.2, 0) is 5.41 Å². The van der Waals surface area contributed by atoms with E-state index in [-0.39, 0.29) is 5.41 Å². The Bertz CT molecular complexity index is 1130. The van der Waals surface area contributed by atoms with Crippen molar-refractivity contribution in [2.24, 2.45) is 0 Å². The molecule has 0 aliphatic heterocycles. The first kappa shape index (κ1) is 15.9. The molecule has 0 spiro atoms. The van der Waals surface area contributed by atoms with Gasteiger partial charge in [0.25, 0.3) is 0 Å². The van der Waals surface area contributed by atoms with Crippen LogP contribution in [0.3, 0.4) is 0 Å². The Labute approximate surface area is 158 Å². The summed E-state index contributed by atoms with van der Waals surface area (Å²) in [7, 11) is 0. The van der Waals surface area contributed by atoms with Crippen LogP contribution in [0.1, 0.15) is 25.1 Å². The molecule has 0 unspecified atom stereocenters. The van der Waals surface area contributed by atoms with Crippen molar-refractivity contribution in [3.63, 3.8) is 0 Å². The molecule has 5 rings (SSSR count). The summed E-state index contributed by atoms with van der Waals surface area (Å²) in [6.45, 7) is 4.42. The number of fused-ring (bicyclic) bond motifs is 3. The summed E-state index contributed by atoms with van der Waals surface area (Å²) in [5.74, 6) is 0.770. The lowest BCUT2D eigenvalue weighted by Crippen LogP contribution is -2.17. The monoisotopic (exact) mass is 349 g/mol. The summed E-state index contributed by atoms with van der Waals surface area (Å²) in [6.07, 6.45) is 3.97. The van der Waals surface area contributed by atoms with Crippen molar-refractivity contribution < 1.29 is 0 Å². The topological polar surface area (TPSA) is 38.7 Å². The molecular formula is C24H19N3. The first-order chi connectivity index (χ1) is 13.1. The first-order valence-corrected chi connectivity index (χ1v) is 9.14. The van der Waals surface area contributed by atoms with E-state index in [9.17, 15) is 0 Å². The molecule has 0 saturated carbocycles. The Morgan fingerprint density at radius 1 is 0.704 bits per heavy atom. The van der Waals surface area contributed by atoms with Crippen LogP contribution in [0.15, 0.2) is 79.1 Å². The molecule has 0 bridgehead atoms. The van der Waals surface area contributed by atoms with Crippen molar-refractivity contribution in [1.82, 2.24) is 15.0 Å². The zero-order chi connectivity index (χ0) is 18.4. The summed E-state index contributed by atoms with van der Waals surface area (Å²) in [5, 5.41) is 0. The maximum absolute atomic E-state index is 4.95. The summed E-state index contributed by atoms with van der Waals surface area (Å²) in [5.41, 5.74) is 7.50. The van der Waals surface area contributed by atoms with E-state index in [4.69, 9.17) is 9.97 Å². The molecule has 1 aliphatic rings. The van der Waals surface area contributed by atoms with Gasteiger partial charge in [0.15, 0.2) is 5.82 Å². The zero-order valence-corrected chi connectivity index (χ0v) is 15.3. The largest absolute Gasteiger partial charge is 0.256 e. The predicted molar refractivity (Wildman–Crippen MR) is 108 cm³/mol. The third-order valence-electron chi connectivity index (χ3n) is 5.35. The molecule has 4 aromatic rings. The molecule has 2 aromatic carbocycles. The number of hydrogen-bond donors (Lipinski definition) is 0. The Morgan fingerprint density at radius 2 is 1.37 bits per heavy atom. The van der Waals surface area contributed by atoms with Gasteiger partial charge in [0.2, 0.25) is 0 Å². The minimum Gasteiger partial charge on any atom is -0.256 e. The van der Waals surface area contributed by atoms with Gasteiger partial charge in [-0.2, -0.15) is 0 Å². The van der Waals surface area contributed by atoms with Gasteiger partial charge < -0.3 is 0 Å². The fourth-order valence-electron chi connectivity index (χ4n) is 3.85. The fourth-order valence-corrected chi connectivity index (χ4v) is 3.85. The van der Waals surface area contributed by atoms with Crippen molar-refractivity contribution in [2.75, 3.05) is 0 Å². The quantitative estimate of drug-likeness (QED) is 0.479. The van der Waals surface area contributed by atoms with Gasteiger partial charge in [-0.1, -0.05) is 74.5 Å². The minimum atomic E-state index is -0.195. The van der Waals surface area contributed by atoms with Gasteiger partial charge in [-0.05, 0) is 17.2 Å². The molecule has 0 atom stereocenters. The lowest BCUT2D eigenvalue weighted by Gasteiger charge is -2.20. The molecule has 0 saturated heterocycles. The van der Waals surface area contributed by atoms with E-state index in [0.29, 0.717) is 0 Å². The van der Waals surface area contributed by atoms with E-state index in [1.54, 1.807) is 0 Å². The molecule has 3 nitrogen and oxygen atoms in total. The Balaban J connectivity index is 1.67. The van der Waals surface area contributed by atoms with Gasteiger partial charge in [-0.15, -0.1) is 0 Å². The molecule has 0 fully saturated rings. The van der Waals surface area contributed by atoms with Gasteiger partial charge in [0.05, 0.1) is 11.4 Å². The number of aromatic nitrogens is 3. The smallest absolute Gasteiger partial charge is 0.159 e. The lowest BCUT2D eigenvalue weighted by atomic mass is 9.86. The van der Waals surface area contributed by atoms with Gasteiger partial charge in [-0.25, -0.2) is 9.97 Å². The molecule has 2 aromatic heterocycles. The summed E-state index contributed by atoms with van der Waals surface area (Å²) in [6, 6.07) is 22.6. The third kappa shape index (κ3) is 2.47. The highest BCUT2D eigenvalue weighted by Crippen LogP contribution is 2.48. The lowest BCUT2D eigenvalue weighted by molar-refractivity contribution is 0.633. The van der Waals surface area contributed by atoms with E-state index in [1.165, 1.54) is 11.1 Å². The van der Waals surface area contributed by atoms with Crippen molar-refractivity contribution >= 4 is 0 Å². The predicted octanol–water partition coefficient (Wildman–Crippen LogP) is 5.51. The van der Waals surface area contributed by atoms with Crippen LogP contribution in [0.4, 0.5) is 0 Å². The summed E-state index contributed by atoms with van der Waals surface area (Å²) < 4.78 is 0. The molecule has 27 heavy (non-hydrogen) atoms. The highest BCUT2D eigenvalue weighted by Gasteiger charge is 2.38. The average Bonchev–Trinajstić information content (AvgIpc) is 2.96. The van der Waals surface area contributed by atoms with Crippen molar-refractivity contribution in [3.05, 3.63) is 90.4 Å². The Morgan fingerprint density at radius 3 is 2.07 bits per heavy atom. The standard InChI is InChI=1S/C24H19N3/c1-24(2)20-15-25-21(16-9-5-3-6-10-16)13-18(20)19-14-26-23(27-22(19)24)17-11-7-4-8-12-17/h3-15H,1-2H3. The highest BCUT2D eigenvalue weighted by molar-refractivity contribution is 5.82. The van der Waals surface area contributed by atoms with E-state index in [1.807, 2.05) is 60.9 Å². The number of pyridine rings is 1. The van der Waals surface area contributed by atoms with Crippen LogP contribution in [0.25, 0.3) is 33.8 Å². The molecule has 3 heteroatoms. The molecular weight excluding hydrogens is 330 g/mol. The normalized spacial score (nSPS) is 13.9. The Kier molecular flexibility index (Phi) is 3.44. The number of nitrogens with zero attached hydrogens (tertiary/aromatic N) is 3. The fraction of sp³-hybridized carbons (Fsp3) is 0.125. The SMILES string of the molecule is CC1(C)c2cnc(-c3ccccc3)cc2-c2cnc(-c3ccccc3)nc21. The summed E-state index contributed by atoms with van der Waals surface area (Å²) >= 11 is 0. The van der Waals surface area contributed by atoms with Crippen LogP contribution in [0, 0.1) is 0 Å². The van der Waals surface area contributed by atoms with Crippen molar-refractivity contribution in [2.45, 2.75) is 19.3 Å². The number of rotatable bonds is 2. The second-order valence-electron chi connectivity index (χ2n) is 7.43. The van der Waals surface area contributed by atoms with Crippen molar-refractivity contribution in [1.29, 1.82) is 0 Å². The van der Waals surface area contributed by atoms with E-state index in [2.05, 4.69) is 37.0 Å². The highest BCUT2D eigenvalue weighted by atomic mass is 14.9. The molecule has 2 heterocycles. The van der Waals surface area contributed by atoms with Gasteiger partial charge in [0.1, 0.15) is 0 Å². The maximum Gasteiger partial charge on any atom is 0.159 e. The van der Waals surface area contributed by atoms with Crippen LogP contribution in [0.2, 0.25) is 0 Å². The zero-order valence-electron chi connectivity index (χ0n) is 15.3. The Hall–Kier alpha value is -3.33. The maximum atomic E-state index is 4.95. The van der Waals surface area contributed by atoms with Gasteiger partial charge in [-0.3, -0.25) is 4.98 Å². The van der Waals surface area contributed by atoms with E-state index < -0.39 is 0 Å². The van der Waals surface area contributed by atoms with Gasteiger partial charge in [0, 0.05) is 34.5 Å². The number of benzene rings is 2. The van der Waals surface area contributed by atoms with E-state index in [0.717, 1.165) is 33.9 Å². The molecule has 130 valence electrons. The first-order valence-electron chi connectivity index (χ1n) is 9.14. The van der Waals surface area contributed by atoms with Crippen LogP contribution in [-0.4, -0.2) is 15.0 Å². The second-order valence-corrected chi connectivity index (χ2v) is 7.43. The third-order valence-corrected chi connectivity index (χ3v) is 5.35. The van der Waals surface area contributed by atoms with Crippen molar-refractivity contribution in [3.8, 4) is 33.8 Å². The van der Waals surface area contributed by atoms with Gasteiger partial charge >= 0.3 is 0 Å². The average molecular weight is 349 g/mol. The second kappa shape index (κ2) is 5.85. The molecule has 0 radical (unpaired) electrons. The minimum absolute atomic E-state index is 0.195. The molecule has 1 aliphatic carbocycles. The van der Waals surface area contributed by atoms with Crippen LogP contribution < -0.4 is 0 Å². The van der Waals surface area contributed by atoms with E-state index >= 15 is 0 Å². The number of hydrogen-bond acceptors (Lipinski definition) is 3. The molecule has 0 N–H and O–H groups in total. The summed E-state index contributed by atoms with van der Waals surface area (Å²) in [4.78, 5) is 14.3. The van der Waals surface area contributed by atoms with Crippen LogP contribution in [0.5, 0.6) is 0 Å². The molecule has 0 amide bonds. The van der Waals surface area contributed by atoms with Crippen LogP contribution >= 0.6 is 0 Å².